The van der Waals surface area contributed by atoms with Crippen LogP contribution in [0.15, 0.2) is 58.3 Å². The van der Waals surface area contributed by atoms with Gasteiger partial charge in [0.25, 0.3) is 0 Å². The molecule has 0 bridgehead atoms. The summed E-state index contributed by atoms with van der Waals surface area (Å²) in [6.07, 6.45) is 4.53. The minimum absolute atomic E-state index is 0.177. The van der Waals surface area contributed by atoms with Crippen molar-refractivity contribution < 1.29 is 9.66 Å². The van der Waals surface area contributed by atoms with Gasteiger partial charge >= 0.3 is 16.9 Å². The molecule has 0 unspecified atom stereocenters. The largest absolute Gasteiger partial charge is 0.487 e. The fourth-order valence-corrected chi connectivity index (χ4v) is 2.29. The van der Waals surface area contributed by atoms with Gasteiger partial charge in [-0.05, 0) is 35.9 Å². The Morgan fingerprint density at radius 2 is 1.85 bits per heavy atom. The molecule has 136 valence electrons. The van der Waals surface area contributed by atoms with Crippen LogP contribution in [0.2, 0.25) is 0 Å². The third-order valence-electron chi connectivity index (χ3n) is 3.56. The molecule has 27 heavy (non-hydrogen) atoms. The number of nitrogens with one attached hydrogen (secondary N) is 2. The average Bonchev–Trinajstić information content (AvgIpc) is 2.65. The van der Waals surface area contributed by atoms with E-state index < -0.39 is 21.9 Å². The van der Waals surface area contributed by atoms with Crippen LogP contribution >= 0.6 is 0 Å². The van der Waals surface area contributed by atoms with E-state index in [4.69, 9.17) is 4.74 Å². The van der Waals surface area contributed by atoms with Crippen LogP contribution in [0.25, 0.3) is 12.2 Å². The highest BCUT2D eigenvalue weighted by Crippen LogP contribution is 2.17. The lowest BCUT2D eigenvalue weighted by molar-refractivity contribution is -0.386. The second-order valence-electron chi connectivity index (χ2n) is 5.44. The van der Waals surface area contributed by atoms with Crippen molar-refractivity contribution in [2.24, 2.45) is 0 Å². The lowest BCUT2D eigenvalue weighted by Gasteiger charge is -2.05. The first-order valence-electron chi connectivity index (χ1n) is 7.85. The lowest BCUT2D eigenvalue weighted by Crippen LogP contribution is -2.25. The molecule has 0 radical (unpaired) electrons. The summed E-state index contributed by atoms with van der Waals surface area (Å²) in [4.78, 5) is 41.3. The fourth-order valence-electron chi connectivity index (χ4n) is 2.29. The number of nitrogens with zero attached hydrogens (tertiary/aromatic N) is 2. The van der Waals surface area contributed by atoms with Crippen LogP contribution in [0.1, 0.15) is 17.0 Å². The molecule has 2 aromatic heterocycles. The molecule has 2 heterocycles. The van der Waals surface area contributed by atoms with E-state index in [0.29, 0.717) is 17.9 Å². The predicted molar refractivity (Wildman–Crippen MR) is 98.3 cm³/mol. The van der Waals surface area contributed by atoms with E-state index in [2.05, 4.69) is 9.97 Å². The number of hydrogen-bond acceptors (Lipinski definition) is 6. The Morgan fingerprint density at radius 3 is 2.52 bits per heavy atom. The number of benzene rings is 1. The van der Waals surface area contributed by atoms with Crippen LogP contribution in [-0.2, 0) is 6.61 Å². The van der Waals surface area contributed by atoms with Crippen LogP contribution in [0, 0.1) is 10.1 Å². The first-order chi connectivity index (χ1) is 13.0. The molecule has 0 aliphatic carbocycles. The van der Waals surface area contributed by atoms with E-state index >= 15 is 0 Å². The maximum absolute atomic E-state index is 11.6. The van der Waals surface area contributed by atoms with Gasteiger partial charge in [-0.2, -0.15) is 0 Å². The first kappa shape index (κ1) is 17.8. The number of ether oxygens (including phenoxy) is 1. The van der Waals surface area contributed by atoms with Gasteiger partial charge in [-0.1, -0.05) is 24.3 Å². The van der Waals surface area contributed by atoms with E-state index in [1.165, 1.54) is 6.08 Å². The summed E-state index contributed by atoms with van der Waals surface area (Å²) in [6, 6.07) is 12.5. The van der Waals surface area contributed by atoms with Crippen LogP contribution < -0.4 is 16.0 Å². The number of rotatable bonds is 6. The highest BCUT2D eigenvalue weighted by Gasteiger charge is 2.18. The maximum Gasteiger partial charge on any atom is 0.357 e. The van der Waals surface area contributed by atoms with Crippen molar-refractivity contribution in [3.8, 4) is 5.75 Å². The zero-order valence-electron chi connectivity index (χ0n) is 13.9. The minimum atomic E-state index is -1.05. The van der Waals surface area contributed by atoms with Crippen LogP contribution in [0.5, 0.6) is 5.75 Å². The van der Waals surface area contributed by atoms with Crippen LogP contribution in [-0.4, -0.2) is 19.9 Å². The van der Waals surface area contributed by atoms with Crippen molar-refractivity contribution in [2.45, 2.75) is 6.61 Å². The Bertz CT molecular complexity index is 1090. The Hall–Kier alpha value is -4.01. The van der Waals surface area contributed by atoms with Gasteiger partial charge in [0.15, 0.2) is 0 Å². The molecule has 3 rings (SSSR count). The van der Waals surface area contributed by atoms with Gasteiger partial charge in [0, 0.05) is 6.20 Å². The second-order valence-corrected chi connectivity index (χ2v) is 5.44. The van der Waals surface area contributed by atoms with Gasteiger partial charge in [-0.25, -0.2) is 4.79 Å². The molecule has 3 aromatic rings. The van der Waals surface area contributed by atoms with Crippen LogP contribution in [0.3, 0.4) is 0 Å². The van der Waals surface area contributed by atoms with Gasteiger partial charge in [0.2, 0.25) is 0 Å². The number of hydrogen-bond donors (Lipinski definition) is 2. The van der Waals surface area contributed by atoms with Gasteiger partial charge in [-0.3, -0.25) is 24.9 Å². The average molecular weight is 366 g/mol. The van der Waals surface area contributed by atoms with Crippen LogP contribution in [0.4, 0.5) is 5.69 Å². The molecular formula is C18H14N4O5. The van der Waals surface area contributed by atoms with E-state index in [1.54, 1.807) is 36.5 Å². The molecular weight excluding hydrogens is 352 g/mol. The standard InChI is InChI=1S/C18H14N4O5/c23-17-16(22(25)26)15(20-18(24)21-17)9-6-12-4-7-14(8-5-12)27-11-13-3-1-2-10-19-13/h1-10H,11H2,(H2,20,21,23,24). The van der Waals surface area contributed by atoms with E-state index in [-0.39, 0.29) is 5.69 Å². The molecule has 0 atom stereocenters. The van der Waals surface area contributed by atoms with Crippen molar-refractivity contribution in [1.82, 2.24) is 15.0 Å². The molecule has 9 nitrogen and oxygen atoms in total. The minimum Gasteiger partial charge on any atom is -0.487 e. The third-order valence-corrected chi connectivity index (χ3v) is 3.56. The summed E-state index contributed by atoms with van der Waals surface area (Å²) >= 11 is 0. The normalized spacial score (nSPS) is 10.8. The highest BCUT2D eigenvalue weighted by molar-refractivity contribution is 5.71. The van der Waals surface area contributed by atoms with Crippen molar-refractivity contribution in [1.29, 1.82) is 0 Å². The number of H-pyrrole nitrogens is 2. The van der Waals surface area contributed by atoms with Gasteiger partial charge in [0.1, 0.15) is 18.1 Å². The number of aromatic nitrogens is 3. The Balaban J connectivity index is 1.74. The molecule has 0 amide bonds. The van der Waals surface area contributed by atoms with Crippen molar-refractivity contribution in [3.05, 3.63) is 96.6 Å². The summed E-state index contributed by atoms with van der Waals surface area (Å²) in [6.45, 7) is 0.330. The summed E-state index contributed by atoms with van der Waals surface area (Å²) in [5, 5.41) is 11.0. The molecule has 0 saturated heterocycles. The first-order valence-corrected chi connectivity index (χ1v) is 7.85. The van der Waals surface area contributed by atoms with Gasteiger partial charge in [0.05, 0.1) is 10.6 Å². The predicted octanol–water partition coefficient (Wildman–Crippen LogP) is 2.12. The van der Waals surface area contributed by atoms with E-state index in [0.717, 1.165) is 5.69 Å². The summed E-state index contributed by atoms with van der Waals surface area (Å²) in [7, 11) is 0. The second kappa shape index (κ2) is 7.91. The molecule has 0 aliphatic rings. The monoisotopic (exact) mass is 366 g/mol. The lowest BCUT2D eigenvalue weighted by atomic mass is 10.2. The number of aromatic amines is 2. The van der Waals surface area contributed by atoms with Gasteiger partial charge < -0.3 is 9.72 Å². The topological polar surface area (TPSA) is 131 Å². The van der Waals surface area contributed by atoms with E-state index in [9.17, 15) is 19.7 Å². The van der Waals surface area contributed by atoms with E-state index in [1.807, 2.05) is 23.2 Å². The summed E-state index contributed by atoms with van der Waals surface area (Å²) in [5.41, 5.74) is -1.27. The highest BCUT2D eigenvalue weighted by atomic mass is 16.6. The Morgan fingerprint density at radius 1 is 1.07 bits per heavy atom. The Labute approximate surface area is 152 Å². The third kappa shape index (κ3) is 4.54. The SMILES string of the molecule is O=c1[nH]c(C=Cc2ccc(OCc3ccccn3)cc2)c([N+](=O)[O-])c(=O)[nH]1. The number of nitro groups is 1. The molecule has 1 aromatic carbocycles. The van der Waals surface area contributed by atoms with Crippen molar-refractivity contribution >= 4 is 17.8 Å². The molecule has 0 fully saturated rings. The molecule has 2 N–H and O–H groups in total. The molecule has 0 spiro atoms. The van der Waals surface area contributed by atoms with Crippen molar-refractivity contribution in [2.75, 3.05) is 0 Å². The molecule has 0 saturated carbocycles. The smallest absolute Gasteiger partial charge is 0.357 e. The van der Waals surface area contributed by atoms with Crippen molar-refractivity contribution in [3.63, 3.8) is 0 Å². The maximum atomic E-state index is 11.6. The molecule has 0 aliphatic heterocycles. The summed E-state index contributed by atoms with van der Waals surface area (Å²) < 4.78 is 5.62. The number of pyridine rings is 1. The van der Waals surface area contributed by atoms with Gasteiger partial charge in [-0.15, -0.1) is 0 Å². The quantitative estimate of drug-likeness (QED) is 0.507. The molecule has 9 heteroatoms. The summed E-state index contributed by atoms with van der Waals surface area (Å²) in [5.74, 6) is 0.633. The zero-order valence-corrected chi connectivity index (χ0v) is 13.9. The zero-order chi connectivity index (χ0) is 19.2. The Kier molecular flexibility index (Phi) is 5.22. The fraction of sp³-hybridized carbons (Fsp3) is 0.0556.